The van der Waals surface area contributed by atoms with Crippen molar-refractivity contribution in [2.75, 3.05) is 26.2 Å². The molecule has 0 aliphatic carbocycles. The molecule has 0 spiro atoms. The molecule has 13 heavy (non-hydrogen) atoms. The molecule has 2 heterocycles. The maximum atomic E-state index is 5.23. The molecule has 0 radical (unpaired) electrons. The molecule has 0 unspecified atom stereocenters. The van der Waals surface area contributed by atoms with Crippen LogP contribution in [0.1, 0.15) is 5.76 Å². The average molecular weight is 180 g/mol. The summed E-state index contributed by atoms with van der Waals surface area (Å²) in [6, 6.07) is 3.96. The van der Waals surface area contributed by atoms with E-state index in [1.54, 1.807) is 6.26 Å². The van der Waals surface area contributed by atoms with Gasteiger partial charge in [0.05, 0.1) is 6.26 Å². The lowest BCUT2D eigenvalue weighted by Crippen LogP contribution is -2.47. The van der Waals surface area contributed by atoms with Gasteiger partial charge in [-0.05, 0) is 18.1 Å². The Bertz CT molecular complexity index is 229. The zero-order chi connectivity index (χ0) is 8.93. The van der Waals surface area contributed by atoms with Crippen LogP contribution < -0.4 is 10.6 Å². The van der Waals surface area contributed by atoms with Crippen LogP contribution in [0.4, 0.5) is 0 Å². The lowest BCUT2D eigenvalue weighted by Gasteiger charge is -2.27. The van der Waals surface area contributed by atoms with Gasteiger partial charge in [-0.2, -0.15) is 0 Å². The Morgan fingerprint density at radius 2 is 2.46 bits per heavy atom. The van der Waals surface area contributed by atoms with Crippen LogP contribution in [0.3, 0.4) is 0 Å². The minimum Gasteiger partial charge on any atom is -0.469 e. The molecule has 0 atom stereocenters. The van der Waals surface area contributed by atoms with Crippen molar-refractivity contribution >= 4 is 0 Å². The second-order valence-corrected chi connectivity index (χ2v) is 3.56. The molecule has 0 amide bonds. The summed E-state index contributed by atoms with van der Waals surface area (Å²) in [4.78, 5) is 0. The van der Waals surface area contributed by atoms with E-state index in [1.165, 1.54) is 13.1 Å². The summed E-state index contributed by atoms with van der Waals surface area (Å²) in [5.74, 6) is 1.91. The summed E-state index contributed by atoms with van der Waals surface area (Å²) in [6.07, 6.45) is 2.72. The van der Waals surface area contributed by atoms with Gasteiger partial charge in [-0.3, -0.25) is 0 Å². The first-order valence-corrected chi connectivity index (χ1v) is 4.89. The molecular weight excluding hydrogens is 164 g/mol. The van der Waals surface area contributed by atoms with Gasteiger partial charge in [-0.25, -0.2) is 0 Å². The van der Waals surface area contributed by atoms with Crippen LogP contribution in [0.15, 0.2) is 22.8 Å². The summed E-state index contributed by atoms with van der Waals surface area (Å²) in [6.45, 7) is 4.50. The van der Waals surface area contributed by atoms with Crippen molar-refractivity contribution in [3.8, 4) is 0 Å². The Labute approximate surface area is 78.5 Å². The Kier molecular flexibility index (Phi) is 3.00. The Morgan fingerprint density at radius 3 is 3.08 bits per heavy atom. The van der Waals surface area contributed by atoms with Crippen LogP contribution in [-0.2, 0) is 6.42 Å². The summed E-state index contributed by atoms with van der Waals surface area (Å²) in [5, 5.41) is 6.68. The topological polar surface area (TPSA) is 37.2 Å². The quantitative estimate of drug-likeness (QED) is 0.653. The second-order valence-electron chi connectivity index (χ2n) is 3.56. The molecule has 1 aromatic heterocycles. The maximum Gasteiger partial charge on any atom is 0.105 e. The molecule has 1 aromatic rings. The van der Waals surface area contributed by atoms with Gasteiger partial charge < -0.3 is 15.1 Å². The minimum atomic E-state index is 0.844. The van der Waals surface area contributed by atoms with E-state index < -0.39 is 0 Å². The van der Waals surface area contributed by atoms with E-state index in [0.717, 1.165) is 31.2 Å². The second kappa shape index (κ2) is 4.44. The van der Waals surface area contributed by atoms with Gasteiger partial charge in [-0.1, -0.05) is 0 Å². The van der Waals surface area contributed by atoms with Crippen molar-refractivity contribution in [2.24, 2.45) is 5.92 Å². The average Bonchev–Trinajstić information content (AvgIpc) is 2.53. The van der Waals surface area contributed by atoms with Gasteiger partial charge >= 0.3 is 0 Å². The van der Waals surface area contributed by atoms with E-state index in [-0.39, 0.29) is 0 Å². The molecule has 72 valence electrons. The van der Waals surface area contributed by atoms with E-state index in [2.05, 4.69) is 10.6 Å². The minimum absolute atomic E-state index is 0.844. The van der Waals surface area contributed by atoms with Gasteiger partial charge in [0.25, 0.3) is 0 Å². The van der Waals surface area contributed by atoms with Crippen LogP contribution in [0, 0.1) is 5.92 Å². The maximum absolute atomic E-state index is 5.23. The van der Waals surface area contributed by atoms with Gasteiger partial charge in [0.15, 0.2) is 0 Å². The standard InChI is InChI=1S/C10H16N2O/c1-2-10(13-5-1)3-4-11-6-9-7-12-8-9/h1-2,5,9,11-12H,3-4,6-8H2. The molecule has 1 aliphatic rings. The molecule has 1 fully saturated rings. The zero-order valence-corrected chi connectivity index (χ0v) is 7.75. The first-order valence-electron chi connectivity index (χ1n) is 4.89. The SMILES string of the molecule is c1coc(CCNCC2CNC2)c1. The van der Waals surface area contributed by atoms with Crippen molar-refractivity contribution in [3.63, 3.8) is 0 Å². The van der Waals surface area contributed by atoms with Crippen molar-refractivity contribution in [1.29, 1.82) is 0 Å². The number of hydrogen-bond donors (Lipinski definition) is 2. The fraction of sp³-hybridized carbons (Fsp3) is 0.600. The molecule has 3 nitrogen and oxygen atoms in total. The molecule has 0 saturated carbocycles. The summed E-state index contributed by atoms with van der Waals surface area (Å²) in [7, 11) is 0. The van der Waals surface area contributed by atoms with E-state index in [0.29, 0.717) is 0 Å². The highest BCUT2D eigenvalue weighted by molar-refractivity contribution is 4.98. The van der Waals surface area contributed by atoms with Crippen molar-refractivity contribution < 1.29 is 4.42 Å². The molecule has 1 aliphatic heterocycles. The van der Waals surface area contributed by atoms with E-state index in [9.17, 15) is 0 Å². The molecule has 1 saturated heterocycles. The Balaban J connectivity index is 1.53. The summed E-state index contributed by atoms with van der Waals surface area (Å²) in [5.41, 5.74) is 0. The molecular formula is C10H16N2O. The first kappa shape index (κ1) is 8.78. The highest BCUT2D eigenvalue weighted by Crippen LogP contribution is 2.01. The fourth-order valence-electron chi connectivity index (χ4n) is 1.47. The van der Waals surface area contributed by atoms with Gasteiger partial charge in [0.2, 0.25) is 0 Å². The summed E-state index contributed by atoms with van der Waals surface area (Å²) < 4.78 is 5.23. The Morgan fingerprint density at radius 1 is 1.54 bits per heavy atom. The number of hydrogen-bond acceptors (Lipinski definition) is 3. The molecule has 3 heteroatoms. The predicted octanol–water partition coefficient (Wildman–Crippen LogP) is 0.631. The van der Waals surface area contributed by atoms with Crippen molar-refractivity contribution in [1.82, 2.24) is 10.6 Å². The van der Waals surface area contributed by atoms with Crippen LogP contribution >= 0.6 is 0 Å². The number of nitrogens with one attached hydrogen (secondary N) is 2. The third-order valence-electron chi connectivity index (χ3n) is 2.43. The van der Waals surface area contributed by atoms with E-state index >= 15 is 0 Å². The van der Waals surface area contributed by atoms with Gasteiger partial charge in [0, 0.05) is 32.6 Å². The Hall–Kier alpha value is -0.800. The monoisotopic (exact) mass is 180 g/mol. The largest absolute Gasteiger partial charge is 0.469 e. The van der Waals surface area contributed by atoms with Crippen molar-refractivity contribution in [2.45, 2.75) is 6.42 Å². The molecule has 0 aromatic carbocycles. The third kappa shape index (κ3) is 2.57. The van der Waals surface area contributed by atoms with E-state index in [1.807, 2.05) is 12.1 Å². The predicted molar refractivity (Wildman–Crippen MR) is 51.6 cm³/mol. The lowest BCUT2D eigenvalue weighted by molar-refractivity contribution is 0.331. The van der Waals surface area contributed by atoms with Crippen LogP contribution in [-0.4, -0.2) is 26.2 Å². The fourth-order valence-corrected chi connectivity index (χ4v) is 1.47. The van der Waals surface area contributed by atoms with Gasteiger partial charge in [0.1, 0.15) is 5.76 Å². The summed E-state index contributed by atoms with van der Waals surface area (Å²) >= 11 is 0. The van der Waals surface area contributed by atoms with Crippen LogP contribution in [0.25, 0.3) is 0 Å². The molecule has 2 N–H and O–H groups in total. The highest BCUT2D eigenvalue weighted by Gasteiger charge is 2.15. The van der Waals surface area contributed by atoms with Crippen LogP contribution in [0.2, 0.25) is 0 Å². The van der Waals surface area contributed by atoms with Gasteiger partial charge in [-0.15, -0.1) is 0 Å². The third-order valence-corrected chi connectivity index (χ3v) is 2.43. The molecule has 0 bridgehead atoms. The molecule has 2 rings (SSSR count). The zero-order valence-electron chi connectivity index (χ0n) is 7.75. The van der Waals surface area contributed by atoms with E-state index in [4.69, 9.17) is 4.42 Å². The van der Waals surface area contributed by atoms with Crippen molar-refractivity contribution in [3.05, 3.63) is 24.2 Å². The smallest absolute Gasteiger partial charge is 0.105 e. The number of furan rings is 1. The number of rotatable bonds is 5. The normalized spacial score (nSPS) is 17.2. The lowest BCUT2D eigenvalue weighted by atomic mass is 10.0. The highest BCUT2D eigenvalue weighted by atomic mass is 16.3. The van der Waals surface area contributed by atoms with Crippen LogP contribution in [0.5, 0.6) is 0 Å². The first-order chi connectivity index (χ1) is 6.45.